The maximum Gasteiger partial charge on any atom is 0.118 e. The molecule has 2 rings (SSSR count). The predicted octanol–water partition coefficient (Wildman–Crippen LogP) is 2.60. The summed E-state index contributed by atoms with van der Waals surface area (Å²) in [6.45, 7) is 4.56. The number of rotatable bonds is 7. The molecule has 0 radical (unpaired) electrons. The summed E-state index contributed by atoms with van der Waals surface area (Å²) in [5, 5.41) is 2.40. The van der Waals surface area contributed by atoms with E-state index in [4.69, 9.17) is 4.74 Å². The molecule has 0 spiro atoms. The van der Waals surface area contributed by atoms with Crippen LogP contribution >= 0.6 is 0 Å². The van der Waals surface area contributed by atoms with Crippen LogP contribution in [0, 0.1) is 0 Å². The van der Waals surface area contributed by atoms with E-state index in [9.17, 15) is 0 Å². The number of hydrogen-bond acceptors (Lipinski definition) is 1. The Morgan fingerprint density at radius 3 is 2.35 bits per heavy atom. The predicted molar refractivity (Wildman–Crippen MR) is 83.2 cm³/mol. The Morgan fingerprint density at radius 2 is 1.70 bits per heavy atom. The number of methoxy groups -OCH3 is 1. The van der Waals surface area contributed by atoms with Crippen LogP contribution < -0.4 is 10.1 Å². The molecule has 1 atom stereocenters. The summed E-state index contributed by atoms with van der Waals surface area (Å²) in [5.41, 5.74) is 2.79. The first-order chi connectivity index (χ1) is 9.79. The monoisotopic (exact) mass is 270 g/mol. The smallest absolute Gasteiger partial charge is 0.118 e. The van der Waals surface area contributed by atoms with E-state index in [0.29, 0.717) is 5.92 Å². The highest BCUT2D eigenvalue weighted by Gasteiger charge is 2.06. The lowest BCUT2D eigenvalue weighted by molar-refractivity contribution is -0.656. The molecule has 0 saturated heterocycles. The van der Waals surface area contributed by atoms with Crippen molar-refractivity contribution in [1.29, 1.82) is 0 Å². The van der Waals surface area contributed by atoms with Crippen molar-refractivity contribution in [3.8, 4) is 5.75 Å². The molecule has 0 saturated carbocycles. The summed E-state index contributed by atoms with van der Waals surface area (Å²) in [6, 6.07) is 19.1. The van der Waals surface area contributed by atoms with Crippen molar-refractivity contribution in [2.75, 3.05) is 20.2 Å². The van der Waals surface area contributed by atoms with Gasteiger partial charge in [0, 0.05) is 12.3 Å². The summed E-state index contributed by atoms with van der Waals surface area (Å²) >= 11 is 0. The molecule has 2 N–H and O–H groups in total. The molecule has 2 aromatic rings. The highest BCUT2D eigenvalue weighted by atomic mass is 16.5. The molecule has 0 aliphatic rings. The van der Waals surface area contributed by atoms with Crippen molar-refractivity contribution in [3.63, 3.8) is 0 Å². The Balaban J connectivity index is 1.70. The van der Waals surface area contributed by atoms with Gasteiger partial charge in [0.1, 0.15) is 5.75 Å². The van der Waals surface area contributed by atoms with Gasteiger partial charge in [-0.3, -0.25) is 0 Å². The minimum absolute atomic E-state index is 0.604. The van der Waals surface area contributed by atoms with Gasteiger partial charge < -0.3 is 10.1 Å². The van der Waals surface area contributed by atoms with Gasteiger partial charge >= 0.3 is 0 Å². The molecule has 0 aliphatic heterocycles. The summed E-state index contributed by atoms with van der Waals surface area (Å²) < 4.78 is 5.17. The van der Waals surface area contributed by atoms with E-state index in [-0.39, 0.29) is 0 Å². The van der Waals surface area contributed by atoms with E-state index >= 15 is 0 Å². The zero-order valence-electron chi connectivity index (χ0n) is 12.4. The van der Waals surface area contributed by atoms with Gasteiger partial charge in [0.05, 0.1) is 20.2 Å². The van der Waals surface area contributed by atoms with E-state index in [2.05, 4.69) is 54.7 Å². The lowest BCUT2D eigenvalue weighted by Crippen LogP contribution is -2.85. The fourth-order valence-electron chi connectivity index (χ4n) is 2.35. The molecule has 2 aromatic carbocycles. The van der Waals surface area contributed by atoms with Crippen LogP contribution in [0.25, 0.3) is 0 Å². The maximum absolute atomic E-state index is 5.17. The van der Waals surface area contributed by atoms with Crippen molar-refractivity contribution in [2.24, 2.45) is 0 Å². The number of benzene rings is 2. The molecule has 106 valence electrons. The van der Waals surface area contributed by atoms with Crippen LogP contribution in [0.4, 0.5) is 0 Å². The Morgan fingerprint density at radius 1 is 1.00 bits per heavy atom. The van der Waals surface area contributed by atoms with Crippen molar-refractivity contribution < 1.29 is 10.1 Å². The minimum Gasteiger partial charge on any atom is -0.497 e. The molecule has 0 aliphatic carbocycles. The highest BCUT2D eigenvalue weighted by Crippen LogP contribution is 2.12. The largest absolute Gasteiger partial charge is 0.497 e. The van der Waals surface area contributed by atoms with Gasteiger partial charge in [-0.25, -0.2) is 0 Å². The molecule has 20 heavy (non-hydrogen) atoms. The Bertz CT molecular complexity index is 493. The summed E-state index contributed by atoms with van der Waals surface area (Å²) in [6.07, 6.45) is 1.10. The van der Waals surface area contributed by atoms with Crippen molar-refractivity contribution in [2.45, 2.75) is 19.3 Å². The first-order valence-corrected chi connectivity index (χ1v) is 7.29. The SMILES string of the molecule is COc1ccc(CC[NH2+]C[C@H](C)c2ccccc2)cc1. The molecule has 0 bridgehead atoms. The number of nitrogens with two attached hydrogens (primary N) is 1. The Hall–Kier alpha value is -1.80. The normalized spacial score (nSPS) is 12.1. The third-order valence-corrected chi connectivity index (χ3v) is 3.69. The standard InChI is InChI=1S/C18H23NO/c1-15(17-6-4-3-5-7-17)14-19-13-12-16-8-10-18(20-2)11-9-16/h3-11,15,19H,12-14H2,1-2H3/p+1/t15-/m0/s1. The molecule has 0 unspecified atom stereocenters. The zero-order chi connectivity index (χ0) is 14.2. The van der Waals surface area contributed by atoms with Gasteiger partial charge in [-0.2, -0.15) is 0 Å². The molecule has 0 aromatic heterocycles. The molecular weight excluding hydrogens is 246 g/mol. The van der Waals surface area contributed by atoms with Crippen molar-refractivity contribution >= 4 is 0 Å². The van der Waals surface area contributed by atoms with Gasteiger partial charge in [-0.05, 0) is 23.3 Å². The third-order valence-electron chi connectivity index (χ3n) is 3.69. The van der Waals surface area contributed by atoms with Gasteiger partial charge in [0.25, 0.3) is 0 Å². The van der Waals surface area contributed by atoms with Crippen LogP contribution in [0.15, 0.2) is 54.6 Å². The number of hydrogen-bond donors (Lipinski definition) is 1. The topological polar surface area (TPSA) is 25.8 Å². The second-order valence-corrected chi connectivity index (χ2v) is 5.22. The van der Waals surface area contributed by atoms with Gasteiger partial charge in [0.2, 0.25) is 0 Å². The summed E-state index contributed by atoms with van der Waals surface area (Å²) in [4.78, 5) is 0. The third kappa shape index (κ3) is 4.39. The molecule has 2 heteroatoms. The lowest BCUT2D eigenvalue weighted by Gasteiger charge is -2.10. The second-order valence-electron chi connectivity index (χ2n) is 5.22. The Kier molecular flexibility index (Phi) is 5.63. The molecular formula is C18H24NO+. The van der Waals surface area contributed by atoms with Crippen LogP contribution in [0.3, 0.4) is 0 Å². The fourth-order valence-corrected chi connectivity index (χ4v) is 2.35. The lowest BCUT2D eigenvalue weighted by atomic mass is 10.0. The van der Waals surface area contributed by atoms with Crippen LogP contribution in [0.1, 0.15) is 24.0 Å². The van der Waals surface area contributed by atoms with Crippen LogP contribution in [-0.2, 0) is 6.42 Å². The quantitative estimate of drug-likeness (QED) is 0.769. The average molecular weight is 270 g/mol. The van der Waals surface area contributed by atoms with E-state index in [1.807, 2.05) is 12.1 Å². The van der Waals surface area contributed by atoms with Crippen molar-refractivity contribution in [3.05, 3.63) is 65.7 Å². The molecule has 0 heterocycles. The average Bonchev–Trinajstić information content (AvgIpc) is 2.53. The minimum atomic E-state index is 0.604. The van der Waals surface area contributed by atoms with Gasteiger partial charge in [0.15, 0.2) is 0 Å². The second kappa shape index (κ2) is 7.71. The summed E-state index contributed by atoms with van der Waals surface area (Å²) in [7, 11) is 1.70. The van der Waals surface area contributed by atoms with Gasteiger partial charge in [-0.15, -0.1) is 0 Å². The first kappa shape index (κ1) is 14.6. The fraction of sp³-hybridized carbons (Fsp3) is 0.333. The van der Waals surface area contributed by atoms with Crippen LogP contribution in [-0.4, -0.2) is 20.2 Å². The molecule has 2 nitrogen and oxygen atoms in total. The highest BCUT2D eigenvalue weighted by molar-refractivity contribution is 5.27. The van der Waals surface area contributed by atoms with E-state index in [1.165, 1.54) is 11.1 Å². The molecule has 0 fully saturated rings. The Labute approximate surface area is 121 Å². The molecule has 0 amide bonds. The zero-order valence-corrected chi connectivity index (χ0v) is 12.4. The van der Waals surface area contributed by atoms with Gasteiger partial charge in [-0.1, -0.05) is 49.4 Å². The van der Waals surface area contributed by atoms with E-state index in [1.54, 1.807) is 7.11 Å². The first-order valence-electron chi connectivity index (χ1n) is 7.29. The summed E-state index contributed by atoms with van der Waals surface area (Å²) in [5.74, 6) is 1.53. The number of quaternary nitrogens is 1. The van der Waals surface area contributed by atoms with E-state index < -0.39 is 0 Å². The van der Waals surface area contributed by atoms with Crippen molar-refractivity contribution in [1.82, 2.24) is 0 Å². The van der Waals surface area contributed by atoms with Crippen LogP contribution in [0.2, 0.25) is 0 Å². The maximum atomic E-state index is 5.17. The van der Waals surface area contributed by atoms with Crippen LogP contribution in [0.5, 0.6) is 5.75 Å². The van der Waals surface area contributed by atoms with E-state index in [0.717, 1.165) is 25.3 Å². The number of ether oxygens (including phenoxy) is 1.